The van der Waals surface area contributed by atoms with Gasteiger partial charge < -0.3 is 5.73 Å². The molecule has 72 valence electrons. The quantitative estimate of drug-likeness (QED) is 0.563. The fourth-order valence-corrected chi connectivity index (χ4v) is 1.49. The summed E-state index contributed by atoms with van der Waals surface area (Å²) in [6.45, 7) is 4.44. The normalized spacial score (nSPS) is 13.3. The average Bonchev–Trinajstić information content (AvgIpc) is 2.04. The molecular weight excluding hydrogens is 178 g/mol. The first kappa shape index (κ1) is 10.6. The number of hydrogen-bond acceptors (Lipinski definition) is 2. The molecule has 0 aromatic heterocycles. The lowest BCUT2D eigenvalue weighted by molar-refractivity contribution is 0.647. The van der Waals surface area contributed by atoms with Gasteiger partial charge in [-0.2, -0.15) is 12.6 Å². The van der Waals surface area contributed by atoms with Crippen molar-refractivity contribution in [2.75, 3.05) is 0 Å². The minimum atomic E-state index is -0.159. The number of benzene rings is 1. The van der Waals surface area contributed by atoms with Crippen LogP contribution in [-0.2, 0) is 6.42 Å². The van der Waals surface area contributed by atoms with Gasteiger partial charge in [-0.3, -0.25) is 0 Å². The van der Waals surface area contributed by atoms with Crippen molar-refractivity contribution in [3.05, 3.63) is 35.4 Å². The summed E-state index contributed by atoms with van der Waals surface area (Å²) >= 11 is 4.17. The molecule has 1 unspecified atom stereocenters. The Morgan fingerprint density at radius 3 is 2.15 bits per heavy atom. The second-order valence-corrected chi connectivity index (χ2v) is 4.34. The molecule has 0 aliphatic heterocycles. The van der Waals surface area contributed by atoms with Gasteiger partial charge in [-0.25, -0.2) is 0 Å². The van der Waals surface area contributed by atoms with Gasteiger partial charge in [-0.05, 0) is 23.5 Å². The van der Waals surface area contributed by atoms with Crippen molar-refractivity contribution in [3.8, 4) is 0 Å². The Kier molecular flexibility index (Phi) is 3.82. The third kappa shape index (κ3) is 3.41. The predicted molar refractivity (Wildman–Crippen MR) is 60.9 cm³/mol. The monoisotopic (exact) mass is 195 g/mol. The molecule has 0 saturated carbocycles. The largest absolute Gasteiger partial charge is 0.316 e. The van der Waals surface area contributed by atoms with Crippen molar-refractivity contribution in [3.63, 3.8) is 0 Å². The highest BCUT2D eigenvalue weighted by molar-refractivity contribution is 7.80. The van der Waals surface area contributed by atoms with Crippen LogP contribution >= 0.6 is 12.6 Å². The molecule has 0 aliphatic rings. The summed E-state index contributed by atoms with van der Waals surface area (Å²) in [6.07, 6.45) is 1.13. The Morgan fingerprint density at radius 1 is 1.23 bits per heavy atom. The highest BCUT2D eigenvalue weighted by atomic mass is 32.1. The maximum atomic E-state index is 5.63. The molecule has 1 atom stereocenters. The van der Waals surface area contributed by atoms with Gasteiger partial charge in [0, 0.05) is 0 Å². The van der Waals surface area contributed by atoms with Crippen molar-refractivity contribution in [2.45, 2.75) is 25.6 Å². The fraction of sp³-hybridized carbons (Fsp3) is 0.455. The summed E-state index contributed by atoms with van der Waals surface area (Å²) in [5.74, 6) is 0.704. The zero-order valence-corrected chi connectivity index (χ0v) is 9.09. The van der Waals surface area contributed by atoms with Gasteiger partial charge in [0.05, 0.1) is 5.37 Å². The summed E-state index contributed by atoms with van der Waals surface area (Å²) in [6, 6.07) is 8.36. The fourth-order valence-electron chi connectivity index (χ4n) is 1.32. The zero-order chi connectivity index (χ0) is 9.84. The van der Waals surface area contributed by atoms with Crippen molar-refractivity contribution in [2.24, 2.45) is 11.7 Å². The van der Waals surface area contributed by atoms with Crippen molar-refractivity contribution >= 4 is 12.6 Å². The standard InChI is InChI=1S/C11H17NS/c1-8(2)7-9-3-5-10(6-4-9)11(12)13/h3-6,8,11,13H,7,12H2,1-2H3. The van der Waals surface area contributed by atoms with E-state index >= 15 is 0 Å². The second kappa shape index (κ2) is 4.68. The molecule has 1 rings (SSSR count). The molecule has 0 heterocycles. The summed E-state index contributed by atoms with van der Waals surface area (Å²) in [7, 11) is 0. The number of thiol groups is 1. The predicted octanol–water partition coefficient (Wildman–Crippen LogP) is 2.77. The average molecular weight is 195 g/mol. The van der Waals surface area contributed by atoms with E-state index in [1.807, 2.05) is 0 Å². The molecule has 2 N–H and O–H groups in total. The minimum absolute atomic E-state index is 0.159. The first-order chi connectivity index (χ1) is 6.09. The van der Waals surface area contributed by atoms with Crippen LogP contribution in [0.4, 0.5) is 0 Å². The third-order valence-electron chi connectivity index (χ3n) is 1.97. The lowest BCUT2D eigenvalue weighted by atomic mass is 10.0. The molecule has 0 aliphatic carbocycles. The van der Waals surface area contributed by atoms with Crippen LogP contribution in [0.2, 0.25) is 0 Å². The molecular formula is C11H17NS. The van der Waals surface area contributed by atoms with Crippen LogP contribution in [0.3, 0.4) is 0 Å². The van der Waals surface area contributed by atoms with E-state index in [-0.39, 0.29) is 5.37 Å². The van der Waals surface area contributed by atoms with Crippen molar-refractivity contribution in [1.29, 1.82) is 0 Å². The lowest BCUT2D eigenvalue weighted by Gasteiger charge is -2.07. The summed E-state index contributed by atoms with van der Waals surface area (Å²) in [4.78, 5) is 0. The number of rotatable bonds is 3. The summed E-state index contributed by atoms with van der Waals surface area (Å²) in [5, 5.41) is -0.159. The Morgan fingerprint density at radius 2 is 1.77 bits per heavy atom. The summed E-state index contributed by atoms with van der Waals surface area (Å²) < 4.78 is 0. The molecule has 1 aromatic carbocycles. The first-order valence-corrected chi connectivity index (χ1v) is 5.13. The lowest BCUT2D eigenvalue weighted by Crippen LogP contribution is -2.02. The molecule has 1 nitrogen and oxygen atoms in total. The molecule has 0 fully saturated rings. The molecule has 0 saturated heterocycles. The SMILES string of the molecule is CC(C)Cc1ccc(C(N)S)cc1. The zero-order valence-electron chi connectivity index (χ0n) is 8.20. The van der Waals surface area contributed by atoms with E-state index in [1.54, 1.807) is 0 Å². The highest BCUT2D eigenvalue weighted by Crippen LogP contribution is 2.15. The second-order valence-electron chi connectivity index (χ2n) is 3.78. The van der Waals surface area contributed by atoms with Crippen LogP contribution in [0.1, 0.15) is 30.3 Å². The molecule has 2 heteroatoms. The smallest absolute Gasteiger partial charge is 0.0734 e. The van der Waals surface area contributed by atoms with Crippen LogP contribution in [-0.4, -0.2) is 0 Å². The Bertz CT molecular complexity index is 251. The van der Waals surface area contributed by atoms with Gasteiger partial charge in [-0.1, -0.05) is 38.1 Å². The maximum Gasteiger partial charge on any atom is 0.0734 e. The maximum absolute atomic E-state index is 5.63. The van der Waals surface area contributed by atoms with E-state index < -0.39 is 0 Å². The van der Waals surface area contributed by atoms with Crippen LogP contribution in [0, 0.1) is 5.92 Å². The number of nitrogens with two attached hydrogens (primary N) is 1. The van der Waals surface area contributed by atoms with E-state index in [1.165, 1.54) is 5.56 Å². The van der Waals surface area contributed by atoms with Gasteiger partial charge in [-0.15, -0.1) is 0 Å². The highest BCUT2D eigenvalue weighted by Gasteiger charge is 2.00. The number of hydrogen-bond donors (Lipinski definition) is 2. The topological polar surface area (TPSA) is 26.0 Å². The van der Waals surface area contributed by atoms with E-state index in [0.717, 1.165) is 12.0 Å². The molecule has 0 radical (unpaired) electrons. The van der Waals surface area contributed by atoms with E-state index in [2.05, 4.69) is 50.7 Å². The molecule has 1 aromatic rings. The first-order valence-electron chi connectivity index (χ1n) is 4.62. The van der Waals surface area contributed by atoms with Gasteiger partial charge in [0.1, 0.15) is 0 Å². The van der Waals surface area contributed by atoms with Crippen LogP contribution in [0.25, 0.3) is 0 Å². The van der Waals surface area contributed by atoms with Gasteiger partial charge >= 0.3 is 0 Å². The van der Waals surface area contributed by atoms with E-state index in [0.29, 0.717) is 5.92 Å². The van der Waals surface area contributed by atoms with E-state index in [9.17, 15) is 0 Å². The molecule has 0 bridgehead atoms. The van der Waals surface area contributed by atoms with Crippen LogP contribution in [0.5, 0.6) is 0 Å². The molecule has 0 spiro atoms. The van der Waals surface area contributed by atoms with Crippen molar-refractivity contribution in [1.82, 2.24) is 0 Å². The van der Waals surface area contributed by atoms with Crippen LogP contribution < -0.4 is 5.73 Å². The minimum Gasteiger partial charge on any atom is -0.316 e. The van der Waals surface area contributed by atoms with Gasteiger partial charge in [0.15, 0.2) is 0 Å². The van der Waals surface area contributed by atoms with E-state index in [4.69, 9.17) is 5.73 Å². The van der Waals surface area contributed by atoms with Crippen LogP contribution in [0.15, 0.2) is 24.3 Å². The van der Waals surface area contributed by atoms with Gasteiger partial charge in [0.2, 0.25) is 0 Å². The third-order valence-corrected chi connectivity index (χ3v) is 2.26. The van der Waals surface area contributed by atoms with Gasteiger partial charge in [0.25, 0.3) is 0 Å². The molecule has 0 amide bonds. The Balaban J connectivity index is 2.70. The summed E-state index contributed by atoms with van der Waals surface area (Å²) in [5.41, 5.74) is 8.08. The van der Waals surface area contributed by atoms with Crippen molar-refractivity contribution < 1.29 is 0 Å². The Labute approximate surface area is 85.8 Å². The Hall–Kier alpha value is -0.470. The molecule has 13 heavy (non-hydrogen) atoms.